The van der Waals surface area contributed by atoms with Gasteiger partial charge in [-0.2, -0.15) is 10.2 Å². The van der Waals surface area contributed by atoms with Crippen molar-refractivity contribution in [2.75, 3.05) is 5.32 Å². The van der Waals surface area contributed by atoms with Crippen molar-refractivity contribution < 1.29 is 4.79 Å². The molecule has 2 aromatic carbocycles. The summed E-state index contributed by atoms with van der Waals surface area (Å²) in [5, 5.41) is 16.1. The van der Waals surface area contributed by atoms with Crippen LogP contribution in [0.1, 0.15) is 6.92 Å². The summed E-state index contributed by atoms with van der Waals surface area (Å²) in [7, 11) is 1.86. The summed E-state index contributed by atoms with van der Waals surface area (Å²) >= 11 is 0. The van der Waals surface area contributed by atoms with Crippen LogP contribution in [0.4, 0.5) is 5.69 Å². The number of benzene rings is 2. The number of nitrogens with one attached hydrogen (secondary N) is 2. The fourth-order valence-electron chi connectivity index (χ4n) is 3.47. The summed E-state index contributed by atoms with van der Waals surface area (Å²) in [6, 6.07) is 13.5. The average Bonchev–Trinajstić information content (AvgIpc) is 3.34. The number of amides is 1. The van der Waals surface area contributed by atoms with Crippen molar-refractivity contribution in [1.29, 1.82) is 0 Å². The molecule has 3 heterocycles. The van der Waals surface area contributed by atoms with E-state index in [4.69, 9.17) is 9.97 Å². The SMILES string of the molecule is CC(=O)Nc1cccc(-c2nc(-c3cccc4[nH]ncc34)nc3c2cnn3C)c1. The summed E-state index contributed by atoms with van der Waals surface area (Å²) in [6.45, 7) is 1.49. The Kier molecular flexibility index (Phi) is 3.83. The molecule has 0 saturated heterocycles. The van der Waals surface area contributed by atoms with Gasteiger partial charge >= 0.3 is 0 Å². The number of aryl methyl sites for hydroxylation is 1. The van der Waals surface area contributed by atoms with Gasteiger partial charge in [-0.1, -0.05) is 24.3 Å². The van der Waals surface area contributed by atoms with Crippen LogP contribution in [0, 0.1) is 0 Å². The minimum atomic E-state index is -0.122. The Balaban J connectivity index is 1.76. The molecule has 8 heteroatoms. The van der Waals surface area contributed by atoms with Gasteiger partial charge in [-0.15, -0.1) is 0 Å². The smallest absolute Gasteiger partial charge is 0.221 e. The summed E-state index contributed by atoms with van der Waals surface area (Å²) in [4.78, 5) is 21.1. The number of fused-ring (bicyclic) bond motifs is 2. The standard InChI is InChI=1S/C21H17N7O/c1-12(29)24-14-6-3-5-13(9-14)19-17-11-23-28(2)21(17)26-20(25-19)15-7-4-8-18-16(15)10-22-27-18/h3-11H,1-2H3,(H,22,27)(H,24,29). The maximum Gasteiger partial charge on any atom is 0.221 e. The number of hydrogen-bond donors (Lipinski definition) is 2. The first kappa shape index (κ1) is 17.1. The van der Waals surface area contributed by atoms with Crippen molar-refractivity contribution in [1.82, 2.24) is 29.9 Å². The zero-order valence-electron chi connectivity index (χ0n) is 15.8. The third-order valence-corrected chi connectivity index (χ3v) is 4.77. The molecular formula is C21H17N7O. The first-order chi connectivity index (χ1) is 14.1. The van der Waals surface area contributed by atoms with Crippen molar-refractivity contribution in [3.05, 3.63) is 54.9 Å². The minimum absolute atomic E-state index is 0.122. The lowest BCUT2D eigenvalue weighted by molar-refractivity contribution is -0.114. The molecule has 0 radical (unpaired) electrons. The van der Waals surface area contributed by atoms with E-state index >= 15 is 0 Å². The van der Waals surface area contributed by atoms with Crippen LogP contribution in [0.5, 0.6) is 0 Å². The summed E-state index contributed by atoms with van der Waals surface area (Å²) in [6.07, 6.45) is 3.54. The summed E-state index contributed by atoms with van der Waals surface area (Å²) in [5.74, 6) is 0.469. The van der Waals surface area contributed by atoms with Gasteiger partial charge in [0.15, 0.2) is 11.5 Å². The summed E-state index contributed by atoms with van der Waals surface area (Å²) < 4.78 is 1.73. The normalized spacial score (nSPS) is 11.2. The number of H-pyrrole nitrogens is 1. The molecule has 1 amide bonds. The molecule has 0 fully saturated rings. The quantitative estimate of drug-likeness (QED) is 0.496. The molecule has 29 heavy (non-hydrogen) atoms. The van der Waals surface area contributed by atoms with E-state index in [9.17, 15) is 4.79 Å². The number of aromatic amines is 1. The largest absolute Gasteiger partial charge is 0.326 e. The van der Waals surface area contributed by atoms with Gasteiger partial charge < -0.3 is 5.32 Å². The van der Waals surface area contributed by atoms with E-state index in [1.807, 2.05) is 49.5 Å². The average molecular weight is 383 g/mol. The van der Waals surface area contributed by atoms with E-state index in [-0.39, 0.29) is 5.91 Å². The fourth-order valence-corrected chi connectivity index (χ4v) is 3.47. The number of carbonyl (C=O) groups excluding carboxylic acids is 1. The van der Waals surface area contributed by atoms with Crippen LogP contribution >= 0.6 is 0 Å². The van der Waals surface area contributed by atoms with Crippen LogP contribution in [0.3, 0.4) is 0 Å². The Morgan fingerprint density at radius 1 is 1.07 bits per heavy atom. The Bertz CT molecular complexity index is 1380. The molecule has 142 valence electrons. The van der Waals surface area contributed by atoms with Gasteiger partial charge in [-0.25, -0.2) is 9.97 Å². The van der Waals surface area contributed by atoms with E-state index < -0.39 is 0 Å². The molecule has 3 aromatic heterocycles. The molecule has 0 aliphatic rings. The van der Waals surface area contributed by atoms with Crippen molar-refractivity contribution in [2.45, 2.75) is 6.92 Å². The Hall–Kier alpha value is -4.07. The van der Waals surface area contributed by atoms with Crippen LogP contribution in [0.25, 0.3) is 44.6 Å². The van der Waals surface area contributed by atoms with E-state index in [1.165, 1.54) is 6.92 Å². The van der Waals surface area contributed by atoms with Gasteiger partial charge in [-0.3, -0.25) is 14.6 Å². The second-order valence-corrected chi connectivity index (χ2v) is 6.80. The number of nitrogens with zero attached hydrogens (tertiary/aromatic N) is 5. The fraction of sp³-hybridized carbons (Fsp3) is 0.0952. The van der Waals surface area contributed by atoms with Crippen molar-refractivity contribution in [2.24, 2.45) is 7.05 Å². The first-order valence-corrected chi connectivity index (χ1v) is 9.10. The molecule has 5 aromatic rings. The lowest BCUT2D eigenvalue weighted by Gasteiger charge is -2.09. The molecular weight excluding hydrogens is 366 g/mol. The van der Waals surface area contributed by atoms with Gasteiger partial charge in [-0.05, 0) is 18.2 Å². The minimum Gasteiger partial charge on any atom is -0.326 e. The predicted molar refractivity (Wildman–Crippen MR) is 111 cm³/mol. The molecule has 0 atom stereocenters. The molecule has 2 N–H and O–H groups in total. The molecule has 0 unspecified atom stereocenters. The highest BCUT2D eigenvalue weighted by molar-refractivity contribution is 5.97. The zero-order valence-corrected chi connectivity index (χ0v) is 15.8. The third-order valence-electron chi connectivity index (χ3n) is 4.77. The highest BCUT2D eigenvalue weighted by Gasteiger charge is 2.16. The molecule has 0 bridgehead atoms. The van der Waals surface area contributed by atoms with Crippen LogP contribution in [-0.2, 0) is 11.8 Å². The second kappa shape index (κ2) is 6.52. The predicted octanol–water partition coefficient (Wildman–Crippen LogP) is 3.53. The highest BCUT2D eigenvalue weighted by atomic mass is 16.1. The molecule has 0 aliphatic carbocycles. The maximum absolute atomic E-state index is 11.5. The van der Waals surface area contributed by atoms with Gasteiger partial charge in [0.25, 0.3) is 0 Å². The number of anilines is 1. The van der Waals surface area contributed by atoms with E-state index in [0.29, 0.717) is 11.5 Å². The maximum atomic E-state index is 11.5. The number of hydrogen-bond acceptors (Lipinski definition) is 5. The van der Waals surface area contributed by atoms with Gasteiger partial charge in [0.2, 0.25) is 5.91 Å². The zero-order chi connectivity index (χ0) is 20.0. The van der Waals surface area contributed by atoms with Crippen molar-refractivity contribution in [3.8, 4) is 22.6 Å². The molecule has 0 aliphatic heterocycles. The van der Waals surface area contributed by atoms with E-state index in [1.54, 1.807) is 17.1 Å². The number of rotatable bonds is 3. The van der Waals surface area contributed by atoms with Crippen LogP contribution in [0.15, 0.2) is 54.9 Å². The number of carbonyl (C=O) groups is 1. The lowest BCUT2D eigenvalue weighted by Crippen LogP contribution is -2.05. The van der Waals surface area contributed by atoms with Gasteiger partial charge in [0, 0.05) is 36.2 Å². The van der Waals surface area contributed by atoms with Crippen molar-refractivity contribution in [3.63, 3.8) is 0 Å². The van der Waals surface area contributed by atoms with Crippen LogP contribution in [0.2, 0.25) is 0 Å². The molecule has 0 spiro atoms. The topological polar surface area (TPSA) is 101 Å². The molecule has 8 nitrogen and oxygen atoms in total. The Morgan fingerprint density at radius 2 is 1.93 bits per heavy atom. The van der Waals surface area contributed by atoms with E-state index in [0.717, 1.165) is 38.8 Å². The number of aromatic nitrogens is 6. The molecule has 0 saturated carbocycles. The van der Waals surface area contributed by atoms with Crippen molar-refractivity contribution >= 4 is 33.5 Å². The van der Waals surface area contributed by atoms with E-state index in [2.05, 4.69) is 20.6 Å². The molecule has 5 rings (SSSR count). The monoisotopic (exact) mass is 383 g/mol. The third kappa shape index (κ3) is 2.91. The lowest BCUT2D eigenvalue weighted by atomic mass is 10.1. The highest BCUT2D eigenvalue weighted by Crippen LogP contribution is 2.32. The summed E-state index contributed by atoms with van der Waals surface area (Å²) in [5.41, 5.74) is 4.88. The van der Waals surface area contributed by atoms with Gasteiger partial charge in [0.05, 0.1) is 29.0 Å². The van der Waals surface area contributed by atoms with Crippen LogP contribution < -0.4 is 5.32 Å². The van der Waals surface area contributed by atoms with Crippen LogP contribution in [-0.4, -0.2) is 35.9 Å². The van der Waals surface area contributed by atoms with Gasteiger partial charge in [0.1, 0.15) is 0 Å². The Labute approximate surface area is 165 Å². The second-order valence-electron chi connectivity index (χ2n) is 6.80. The first-order valence-electron chi connectivity index (χ1n) is 9.10. The Morgan fingerprint density at radius 3 is 2.79 bits per heavy atom.